The molecule has 0 saturated heterocycles. The van der Waals surface area contributed by atoms with Crippen molar-refractivity contribution in [1.29, 1.82) is 0 Å². The number of amidine groups is 1. The van der Waals surface area contributed by atoms with Gasteiger partial charge in [0.2, 0.25) is 0 Å². The Morgan fingerprint density at radius 3 is 2.61 bits per heavy atom. The molecule has 0 amide bonds. The van der Waals surface area contributed by atoms with Crippen molar-refractivity contribution in [2.45, 2.75) is 46.2 Å². The maximum atomic E-state index is 8.56. The summed E-state index contributed by atoms with van der Waals surface area (Å²) in [6, 6.07) is 4.84. The summed E-state index contributed by atoms with van der Waals surface area (Å²) in [7, 11) is 0. The summed E-state index contributed by atoms with van der Waals surface area (Å²) in [5.41, 5.74) is 5.52. The second kappa shape index (κ2) is 7.38. The molecule has 5 heteroatoms. The van der Waals surface area contributed by atoms with Gasteiger partial charge in [-0.15, -0.1) is 11.3 Å². The van der Waals surface area contributed by atoms with Gasteiger partial charge in [0, 0.05) is 35.3 Å². The summed E-state index contributed by atoms with van der Waals surface area (Å²) < 4.78 is 0. The van der Waals surface area contributed by atoms with Gasteiger partial charge >= 0.3 is 0 Å². The van der Waals surface area contributed by atoms with Crippen LogP contribution in [0.4, 0.5) is 0 Å². The second-order valence-electron chi connectivity index (χ2n) is 4.63. The molecule has 0 aliphatic heterocycles. The highest BCUT2D eigenvalue weighted by atomic mass is 32.1. The average Bonchev–Trinajstić information content (AvgIpc) is 2.81. The smallest absolute Gasteiger partial charge is 0.140 e. The van der Waals surface area contributed by atoms with Gasteiger partial charge < -0.3 is 10.9 Å². The number of thiophene rings is 1. The number of nitrogens with two attached hydrogens (primary N) is 1. The highest BCUT2D eigenvalue weighted by Gasteiger charge is 2.12. The van der Waals surface area contributed by atoms with Crippen molar-refractivity contribution in [3.05, 3.63) is 21.9 Å². The molecule has 4 nitrogen and oxygen atoms in total. The molecule has 0 radical (unpaired) electrons. The lowest BCUT2D eigenvalue weighted by atomic mass is 10.2. The van der Waals surface area contributed by atoms with Crippen LogP contribution in [0.5, 0.6) is 0 Å². The minimum Gasteiger partial charge on any atom is -0.409 e. The Kier molecular flexibility index (Phi) is 6.15. The fraction of sp³-hybridized carbons (Fsp3) is 0.615. The van der Waals surface area contributed by atoms with Gasteiger partial charge in [-0.1, -0.05) is 12.1 Å². The fourth-order valence-electron chi connectivity index (χ4n) is 1.73. The zero-order valence-corrected chi connectivity index (χ0v) is 12.2. The third kappa shape index (κ3) is 4.66. The van der Waals surface area contributed by atoms with Crippen LogP contribution in [-0.4, -0.2) is 28.5 Å². The first-order chi connectivity index (χ1) is 8.56. The number of aryl methyl sites for hydroxylation is 1. The Morgan fingerprint density at radius 2 is 2.11 bits per heavy atom. The highest BCUT2D eigenvalue weighted by molar-refractivity contribution is 7.11. The average molecular weight is 269 g/mol. The Balaban J connectivity index is 2.57. The fourth-order valence-corrected chi connectivity index (χ4v) is 2.71. The van der Waals surface area contributed by atoms with Crippen LogP contribution in [0.25, 0.3) is 0 Å². The molecule has 18 heavy (non-hydrogen) atoms. The van der Waals surface area contributed by atoms with Crippen LogP contribution in [0.3, 0.4) is 0 Å². The first kappa shape index (κ1) is 15.0. The van der Waals surface area contributed by atoms with E-state index >= 15 is 0 Å². The molecule has 1 aromatic rings. The number of oxime groups is 1. The van der Waals surface area contributed by atoms with Crippen molar-refractivity contribution in [1.82, 2.24) is 4.90 Å². The summed E-state index contributed by atoms with van der Waals surface area (Å²) in [5, 5.41) is 11.6. The third-order valence-electron chi connectivity index (χ3n) is 2.94. The predicted octanol–water partition coefficient (Wildman–Crippen LogP) is 2.66. The molecule has 0 bridgehead atoms. The quantitative estimate of drug-likeness (QED) is 0.346. The van der Waals surface area contributed by atoms with Gasteiger partial charge in [-0.05, 0) is 32.4 Å². The first-order valence-electron chi connectivity index (χ1n) is 6.34. The molecule has 0 aliphatic rings. The van der Waals surface area contributed by atoms with E-state index in [4.69, 9.17) is 10.9 Å². The summed E-state index contributed by atoms with van der Waals surface area (Å²) in [6.07, 6.45) is 1.69. The lowest BCUT2D eigenvalue weighted by molar-refractivity contribution is 0.219. The van der Waals surface area contributed by atoms with E-state index < -0.39 is 0 Å². The zero-order chi connectivity index (χ0) is 13.5. The third-order valence-corrected chi connectivity index (χ3v) is 4.15. The number of hydrogen-bond acceptors (Lipinski definition) is 4. The van der Waals surface area contributed by atoms with Crippen LogP contribution in [-0.2, 0) is 13.0 Å². The SMILES string of the molecule is CCc1ccc(CN(CCC(N)=NO)C(C)C)s1. The topological polar surface area (TPSA) is 61.8 Å². The van der Waals surface area contributed by atoms with Crippen molar-refractivity contribution in [2.24, 2.45) is 10.9 Å². The molecule has 0 spiro atoms. The summed E-state index contributed by atoms with van der Waals surface area (Å²) in [4.78, 5) is 5.13. The number of nitrogens with zero attached hydrogens (tertiary/aromatic N) is 2. The van der Waals surface area contributed by atoms with Crippen molar-refractivity contribution in [3.8, 4) is 0 Å². The van der Waals surface area contributed by atoms with Gasteiger partial charge in [0.25, 0.3) is 0 Å². The molecular weight excluding hydrogens is 246 g/mol. The largest absolute Gasteiger partial charge is 0.409 e. The lowest BCUT2D eigenvalue weighted by Crippen LogP contribution is -2.33. The number of rotatable bonds is 7. The van der Waals surface area contributed by atoms with E-state index in [1.165, 1.54) is 9.75 Å². The van der Waals surface area contributed by atoms with E-state index in [1.54, 1.807) is 0 Å². The van der Waals surface area contributed by atoms with E-state index in [9.17, 15) is 0 Å². The molecule has 1 rings (SSSR count). The van der Waals surface area contributed by atoms with E-state index in [-0.39, 0.29) is 0 Å². The van der Waals surface area contributed by atoms with Crippen LogP contribution in [0.1, 0.15) is 36.9 Å². The summed E-state index contributed by atoms with van der Waals surface area (Å²) in [5.74, 6) is 0.293. The Labute approximate surface area is 113 Å². The molecule has 0 unspecified atom stereocenters. The Morgan fingerprint density at radius 1 is 1.44 bits per heavy atom. The van der Waals surface area contributed by atoms with Crippen molar-refractivity contribution in [3.63, 3.8) is 0 Å². The number of hydrogen-bond donors (Lipinski definition) is 2. The van der Waals surface area contributed by atoms with Gasteiger partial charge in [-0.25, -0.2) is 0 Å². The maximum absolute atomic E-state index is 8.56. The monoisotopic (exact) mass is 269 g/mol. The van der Waals surface area contributed by atoms with Crippen molar-refractivity contribution < 1.29 is 5.21 Å². The zero-order valence-electron chi connectivity index (χ0n) is 11.4. The summed E-state index contributed by atoms with van der Waals surface area (Å²) >= 11 is 1.87. The van der Waals surface area contributed by atoms with E-state index in [1.807, 2.05) is 11.3 Å². The molecule has 0 aliphatic carbocycles. The minimum absolute atomic E-state index is 0.293. The van der Waals surface area contributed by atoms with E-state index in [0.717, 1.165) is 19.5 Å². The summed E-state index contributed by atoms with van der Waals surface area (Å²) in [6.45, 7) is 8.25. The molecule has 0 saturated carbocycles. The van der Waals surface area contributed by atoms with E-state index in [2.05, 4.69) is 43.0 Å². The molecule has 0 aromatic carbocycles. The van der Waals surface area contributed by atoms with Gasteiger partial charge in [0.1, 0.15) is 5.84 Å². The molecular formula is C13H23N3OS. The lowest BCUT2D eigenvalue weighted by Gasteiger charge is -2.25. The molecule has 102 valence electrons. The molecule has 1 aromatic heterocycles. The van der Waals surface area contributed by atoms with E-state index in [0.29, 0.717) is 18.3 Å². The second-order valence-corrected chi connectivity index (χ2v) is 5.88. The molecule has 3 N–H and O–H groups in total. The minimum atomic E-state index is 0.293. The molecule has 1 heterocycles. The van der Waals surface area contributed by atoms with Gasteiger partial charge in [-0.2, -0.15) is 0 Å². The van der Waals surface area contributed by atoms with Crippen LogP contribution in [0, 0.1) is 0 Å². The van der Waals surface area contributed by atoms with Crippen LogP contribution in [0.15, 0.2) is 17.3 Å². The normalized spacial score (nSPS) is 12.6. The van der Waals surface area contributed by atoms with Gasteiger partial charge in [0.05, 0.1) is 0 Å². The van der Waals surface area contributed by atoms with Crippen molar-refractivity contribution >= 4 is 17.2 Å². The standard InChI is InChI=1S/C13H23N3OS/c1-4-11-5-6-12(18-11)9-16(10(2)3)8-7-13(14)15-17/h5-6,10,17H,4,7-9H2,1-3H3,(H2,14,15). The van der Waals surface area contributed by atoms with Crippen LogP contribution in [0.2, 0.25) is 0 Å². The Bertz CT molecular complexity index is 387. The van der Waals surface area contributed by atoms with Gasteiger partial charge in [0.15, 0.2) is 0 Å². The predicted molar refractivity (Wildman–Crippen MR) is 77.3 cm³/mol. The highest BCUT2D eigenvalue weighted by Crippen LogP contribution is 2.19. The van der Waals surface area contributed by atoms with Crippen LogP contribution < -0.4 is 5.73 Å². The maximum Gasteiger partial charge on any atom is 0.140 e. The first-order valence-corrected chi connectivity index (χ1v) is 7.16. The van der Waals surface area contributed by atoms with Gasteiger partial charge in [-0.3, -0.25) is 4.90 Å². The Hall–Kier alpha value is -1.07. The molecule has 0 fully saturated rings. The van der Waals surface area contributed by atoms with Crippen LogP contribution >= 0.6 is 11.3 Å². The van der Waals surface area contributed by atoms with Crippen molar-refractivity contribution in [2.75, 3.05) is 6.54 Å². The molecule has 0 atom stereocenters.